The van der Waals surface area contributed by atoms with E-state index in [0.717, 1.165) is 0 Å². The molecule has 0 N–H and O–H groups in total. The summed E-state index contributed by atoms with van der Waals surface area (Å²) in [6.07, 6.45) is 1.61. The zero-order chi connectivity index (χ0) is 9.68. The molecule has 0 amide bonds. The van der Waals surface area contributed by atoms with Crippen molar-refractivity contribution in [2.24, 2.45) is 0 Å². The van der Waals surface area contributed by atoms with E-state index >= 15 is 0 Å². The van der Waals surface area contributed by atoms with Crippen LogP contribution in [0.1, 0.15) is 18.4 Å². The zero-order valence-corrected chi connectivity index (χ0v) is 7.81. The molecule has 0 saturated heterocycles. The highest BCUT2D eigenvalue weighted by Crippen LogP contribution is 2.20. The van der Waals surface area contributed by atoms with E-state index in [4.69, 9.17) is 16.9 Å². The molecule has 0 unspecified atom stereocenters. The maximum atomic E-state index is 13.1. The fraction of sp³-hybridized carbons (Fsp3) is 0.300. The summed E-state index contributed by atoms with van der Waals surface area (Å²) in [6, 6.07) is 6.63. The molecule has 0 fully saturated rings. The Balaban J connectivity index is 2.71. The second-order valence-corrected chi connectivity index (χ2v) is 3.12. The van der Waals surface area contributed by atoms with Crippen LogP contribution in [0.25, 0.3) is 0 Å². The van der Waals surface area contributed by atoms with Crippen molar-refractivity contribution in [1.82, 2.24) is 0 Å². The topological polar surface area (TPSA) is 23.8 Å². The Bertz CT molecular complexity index is 310. The minimum Gasteiger partial charge on any atom is -0.207 e. The molecule has 13 heavy (non-hydrogen) atoms. The molecule has 0 spiro atoms. The number of unbranched alkanes of at least 4 members (excludes halogenated alkanes) is 1. The summed E-state index contributed by atoms with van der Waals surface area (Å²) in [6.45, 7) is 0. The molecule has 0 aromatic heterocycles. The van der Waals surface area contributed by atoms with Crippen LogP contribution in [0, 0.1) is 17.1 Å². The minimum atomic E-state index is -0.287. The van der Waals surface area contributed by atoms with Crippen LogP contribution in [0.4, 0.5) is 4.39 Å². The van der Waals surface area contributed by atoms with Gasteiger partial charge in [-0.1, -0.05) is 17.7 Å². The van der Waals surface area contributed by atoms with Gasteiger partial charge in [0.1, 0.15) is 5.82 Å². The van der Waals surface area contributed by atoms with Crippen LogP contribution < -0.4 is 0 Å². The highest BCUT2D eigenvalue weighted by Gasteiger charge is 2.05. The van der Waals surface area contributed by atoms with Crippen LogP contribution in [-0.2, 0) is 6.42 Å². The van der Waals surface area contributed by atoms with E-state index in [1.807, 2.05) is 6.07 Å². The predicted octanol–water partition coefficient (Wildman–Crippen LogP) is 3.33. The lowest BCUT2D eigenvalue weighted by atomic mass is 10.1. The van der Waals surface area contributed by atoms with Gasteiger partial charge in [0.25, 0.3) is 0 Å². The Morgan fingerprint density at radius 3 is 2.85 bits per heavy atom. The van der Waals surface area contributed by atoms with Crippen molar-refractivity contribution < 1.29 is 4.39 Å². The minimum absolute atomic E-state index is 0.287. The number of rotatable bonds is 3. The second kappa shape index (κ2) is 4.84. The normalized spacial score (nSPS) is 9.62. The highest BCUT2D eigenvalue weighted by molar-refractivity contribution is 6.31. The second-order valence-electron chi connectivity index (χ2n) is 2.71. The molecule has 0 bridgehead atoms. The van der Waals surface area contributed by atoms with Crippen LogP contribution >= 0.6 is 11.6 Å². The highest BCUT2D eigenvalue weighted by atomic mass is 35.5. The largest absolute Gasteiger partial charge is 0.207 e. The van der Waals surface area contributed by atoms with Crippen LogP contribution in [0.5, 0.6) is 0 Å². The molecule has 0 heterocycles. The Labute approximate surface area is 81.8 Å². The lowest BCUT2D eigenvalue weighted by molar-refractivity contribution is 0.605. The fourth-order valence-electron chi connectivity index (χ4n) is 1.12. The molecular formula is C10H9ClFN. The summed E-state index contributed by atoms with van der Waals surface area (Å²) < 4.78 is 13.1. The summed E-state index contributed by atoms with van der Waals surface area (Å²) in [4.78, 5) is 0. The van der Waals surface area contributed by atoms with Crippen molar-refractivity contribution in [3.63, 3.8) is 0 Å². The molecule has 0 atom stereocenters. The van der Waals surface area contributed by atoms with Crippen molar-refractivity contribution in [2.75, 3.05) is 0 Å². The number of hydrogen-bond acceptors (Lipinski definition) is 1. The van der Waals surface area contributed by atoms with Gasteiger partial charge in [-0.15, -0.1) is 0 Å². The monoisotopic (exact) mass is 197 g/mol. The van der Waals surface area contributed by atoms with Gasteiger partial charge in [-0.2, -0.15) is 5.26 Å². The van der Waals surface area contributed by atoms with Gasteiger partial charge in [-0.3, -0.25) is 0 Å². The maximum Gasteiger partial charge on any atom is 0.127 e. The average Bonchev–Trinajstić information content (AvgIpc) is 2.10. The number of benzene rings is 1. The van der Waals surface area contributed by atoms with Gasteiger partial charge in [-0.25, -0.2) is 4.39 Å². The Morgan fingerprint density at radius 2 is 2.23 bits per heavy atom. The van der Waals surface area contributed by atoms with E-state index in [9.17, 15) is 4.39 Å². The quantitative estimate of drug-likeness (QED) is 0.682. The van der Waals surface area contributed by atoms with Gasteiger partial charge in [0.05, 0.1) is 6.07 Å². The zero-order valence-electron chi connectivity index (χ0n) is 7.06. The number of nitrogens with zero attached hydrogens (tertiary/aromatic N) is 1. The predicted molar refractivity (Wildman–Crippen MR) is 50.0 cm³/mol. The molecule has 3 heteroatoms. The van der Waals surface area contributed by atoms with E-state index in [0.29, 0.717) is 29.8 Å². The first kappa shape index (κ1) is 10.0. The SMILES string of the molecule is N#CCCCc1c(F)cccc1Cl. The number of halogens is 2. The third kappa shape index (κ3) is 2.71. The summed E-state index contributed by atoms with van der Waals surface area (Å²) in [7, 11) is 0. The van der Waals surface area contributed by atoms with Gasteiger partial charge in [0.2, 0.25) is 0 Å². The Kier molecular flexibility index (Phi) is 3.72. The molecule has 68 valence electrons. The third-order valence-electron chi connectivity index (χ3n) is 1.78. The van der Waals surface area contributed by atoms with Crippen LogP contribution in [0.3, 0.4) is 0 Å². The van der Waals surface area contributed by atoms with Gasteiger partial charge >= 0.3 is 0 Å². The molecular weight excluding hydrogens is 189 g/mol. The van der Waals surface area contributed by atoms with Crippen LogP contribution in [-0.4, -0.2) is 0 Å². The van der Waals surface area contributed by atoms with Crippen molar-refractivity contribution in [3.05, 3.63) is 34.6 Å². The van der Waals surface area contributed by atoms with E-state index in [1.165, 1.54) is 6.07 Å². The first-order chi connectivity index (χ1) is 6.25. The first-order valence-corrected chi connectivity index (χ1v) is 4.43. The fourth-order valence-corrected chi connectivity index (χ4v) is 1.37. The molecule has 0 aliphatic heterocycles. The van der Waals surface area contributed by atoms with E-state index in [-0.39, 0.29) is 5.82 Å². The average molecular weight is 198 g/mol. The van der Waals surface area contributed by atoms with Crippen molar-refractivity contribution in [3.8, 4) is 6.07 Å². The molecule has 1 nitrogen and oxygen atoms in total. The van der Waals surface area contributed by atoms with Gasteiger partial charge in [-0.05, 0) is 25.0 Å². The van der Waals surface area contributed by atoms with Crippen LogP contribution in [0.2, 0.25) is 5.02 Å². The lowest BCUT2D eigenvalue weighted by Crippen LogP contribution is -1.91. The summed E-state index contributed by atoms with van der Waals surface area (Å²) in [5.41, 5.74) is 0.513. The van der Waals surface area contributed by atoms with Crippen molar-refractivity contribution >= 4 is 11.6 Å². The Hall–Kier alpha value is -1.07. The summed E-state index contributed by atoms with van der Waals surface area (Å²) in [5.74, 6) is -0.287. The Morgan fingerprint density at radius 1 is 1.46 bits per heavy atom. The first-order valence-electron chi connectivity index (χ1n) is 4.05. The van der Waals surface area contributed by atoms with E-state index in [1.54, 1.807) is 12.1 Å². The van der Waals surface area contributed by atoms with Gasteiger partial charge in [0, 0.05) is 17.0 Å². The molecule has 0 aliphatic rings. The van der Waals surface area contributed by atoms with E-state index < -0.39 is 0 Å². The molecule has 0 saturated carbocycles. The van der Waals surface area contributed by atoms with Gasteiger partial charge in [0.15, 0.2) is 0 Å². The van der Waals surface area contributed by atoms with E-state index in [2.05, 4.69) is 0 Å². The van der Waals surface area contributed by atoms with Crippen molar-refractivity contribution in [2.45, 2.75) is 19.3 Å². The molecule has 1 aromatic carbocycles. The summed E-state index contributed by atoms with van der Waals surface area (Å²) in [5, 5.41) is 8.75. The van der Waals surface area contributed by atoms with Crippen molar-refractivity contribution in [1.29, 1.82) is 5.26 Å². The molecule has 0 radical (unpaired) electrons. The maximum absolute atomic E-state index is 13.1. The third-order valence-corrected chi connectivity index (χ3v) is 2.13. The lowest BCUT2D eigenvalue weighted by Gasteiger charge is -2.03. The standard InChI is InChI=1S/C10H9ClFN/c11-9-5-3-6-10(12)8(9)4-1-2-7-13/h3,5-6H,1-2,4H2. The summed E-state index contributed by atoms with van der Waals surface area (Å²) >= 11 is 5.79. The van der Waals surface area contributed by atoms with Crippen LogP contribution in [0.15, 0.2) is 18.2 Å². The smallest absolute Gasteiger partial charge is 0.127 e. The molecule has 0 aliphatic carbocycles. The number of nitriles is 1. The van der Waals surface area contributed by atoms with Gasteiger partial charge < -0.3 is 0 Å². The molecule has 1 aromatic rings. The molecule has 1 rings (SSSR count). The number of hydrogen-bond donors (Lipinski definition) is 0.